The zero-order valence-corrected chi connectivity index (χ0v) is 13.6. The number of ether oxygens (including phenoxy) is 1. The lowest BCUT2D eigenvalue weighted by Crippen LogP contribution is -2.03. The van der Waals surface area contributed by atoms with Gasteiger partial charge in [-0.2, -0.15) is 0 Å². The summed E-state index contributed by atoms with van der Waals surface area (Å²) in [5, 5.41) is 0. The fourth-order valence-corrected chi connectivity index (χ4v) is 2.98. The fourth-order valence-electron chi connectivity index (χ4n) is 2.98. The van der Waals surface area contributed by atoms with Gasteiger partial charge in [0.15, 0.2) is 0 Å². The summed E-state index contributed by atoms with van der Waals surface area (Å²) in [5.74, 6) is 1.36. The van der Waals surface area contributed by atoms with Gasteiger partial charge in [0.05, 0.1) is 7.11 Å². The van der Waals surface area contributed by atoms with Crippen molar-refractivity contribution in [2.75, 3.05) is 7.11 Å². The fraction of sp³-hybridized carbons (Fsp3) is 0.400. The molecule has 0 aromatic rings. The van der Waals surface area contributed by atoms with Crippen molar-refractivity contribution in [2.45, 2.75) is 40.0 Å². The quantitative estimate of drug-likeness (QED) is 0.647. The number of hydrogen-bond donors (Lipinski definition) is 0. The Morgan fingerprint density at radius 1 is 1.38 bits per heavy atom. The van der Waals surface area contributed by atoms with Crippen LogP contribution in [0.3, 0.4) is 0 Å². The second kappa shape index (κ2) is 7.31. The predicted octanol–water partition coefficient (Wildman–Crippen LogP) is 5.65. The molecule has 2 aliphatic carbocycles. The van der Waals surface area contributed by atoms with E-state index in [0.717, 1.165) is 25.0 Å². The summed E-state index contributed by atoms with van der Waals surface area (Å²) >= 11 is 0. The first kappa shape index (κ1) is 15.6. The van der Waals surface area contributed by atoms with E-state index in [-0.39, 0.29) is 0 Å². The van der Waals surface area contributed by atoms with Crippen LogP contribution in [0.2, 0.25) is 0 Å². The Morgan fingerprint density at radius 3 is 2.76 bits per heavy atom. The third-order valence-corrected chi connectivity index (χ3v) is 4.22. The third-order valence-electron chi connectivity index (χ3n) is 4.22. The van der Waals surface area contributed by atoms with Crippen LogP contribution in [0, 0.1) is 5.92 Å². The van der Waals surface area contributed by atoms with Crippen LogP contribution in [0.15, 0.2) is 70.6 Å². The zero-order chi connectivity index (χ0) is 15.2. The maximum Gasteiger partial charge on any atom is 0.115 e. The molecule has 112 valence electrons. The Hall–Kier alpha value is -1.76. The maximum atomic E-state index is 5.31. The highest BCUT2D eigenvalue weighted by Gasteiger charge is 2.13. The molecule has 0 aromatic heterocycles. The van der Waals surface area contributed by atoms with Crippen LogP contribution >= 0.6 is 0 Å². The Bertz CT molecular complexity index is 565. The molecule has 1 heteroatoms. The molecule has 0 amide bonds. The molecule has 2 aliphatic rings. The lowest BCUT2D eigenvalue weighted by molar-refractivity contribution is 0.302. The van der Waals surface area contributed by atoms with Crippen molar-refractivity contribution in [1.82, 2.24) is 0 Å². The highest BCUT2D eigenvalue weighted by Crippen LogP contribution is 2.29. The molecule has 0 aliphatic heterocycles. The van der Waals surface area contributed by atoms with Crippen LogP contribution in [-0.2, 0) is 4.74 Å². The van der Waals surface area contributed by atoms with Gasteiger partial charge in [0.1, 0.15) is 5.76 Å². The highest BCUT2D eigenvalue weighted by molar-refractivity contribution is 5.46. The number of rotatable bonds is 4. The monoisotopic (exact) mass is 282 g/mol. The Labute approximate surface area is 129 Å². The topological polar surface area (TPSA) is 9.23 Å². The second-order valence-electron chi connectivity index (χ2n) is 5.72. The van der Waals surface area contributed by atoms with E-state index < -0.39 is 0 Å². The Morgan fingerprint density at radius 2 is 2.19 bits per heavy atom. The van der Waals surface area contributed by atoms with Crippen LogP contribution in [0.4, 0.5) is 0 Å². The smallest absolute Gasteiger partial charge is 0.115 e. The molecule has 0 saturated heterocycles. The first-order valence-electron chi connectivity index (χ1n) is 7.87. The molecule has 1 atom stereocenters. The summed E-state index contributed by atoms with van der Waals surface area (Å²) in [6.45, 7) is 6.69. The maximum absolute atomic E-state index is 5.31. The summed E-state index contributed by atoms with van der Waals surface area (Å²) in [4.78, 5) is 0. The molecule has 2 rings (SSSR count). The van der Waals surface area contributed by atoms with Gasteiger partial charge in [-0.15, -0.1) is 0 Å². The first-order valence-corrected chi connectivity index (χ1v) is 7.87. The van der Waals surface area contributed by atoms with Crippen molar-refractivity contribution in [3.63, 3.8) is 0 Å². The van der Waals surface area contributed by atoms with E-state index in [9.17, 15) is 0 Å². The van der Waals surface area contributed by atoms with E-state index in [4.69, 9.17) is 4.74 Å². The van der Waals surface area contributed by atoms with Crippen LogP contribution in [-0.4, -0.2) is 7.11 Å². The third kappa shape index (κ3) is 3.87. The molecular formula is C20H26O. The minimum Gasteiger partial charge on any atom is -0.497 e. The van der Waals surface area contributed by atoms with Gasteiger partial charge in [-0.3, -0.25) is 0 Å². The van der Waals surface area contributed by atoms with Gasteiger partial charge in [-0.25, -0.2) is 0 Å². The largest absolute Gasteiger partial charge is 0.497 e. The molecule has 0 fully saturated rings. The van der Waals surface area contributed by atoms with Gasteiger partial charge < -0.3 is 4.74 Å². The molecule has 21 heavy (non-hydrogen) atoms. The average molecular weight is 282 g/mol. The lowest BCUT2D eigenvalue weighted by atomic mass is 9.88. The summed E-state index contributed by atoms with van der Waals surface area (Å²) in [6, 6.07) is 0. The molecule has 0 saturated carbocycles. The lowest BCUT2D eigenvalue weighted by Gasteiger charge is -2.18. The van der Waals surface area contributed by atoms with Gasteiger partial charge in [-0.05, 0) is 60.6 Å². The highest BCUT2D eigenvalue weighted by atomic mass is 16.5. The van der Waals surface area contributed by atoms with E-state index in [0.29, 0.717) is 5.92 Å². The number of hydrogen-bond acceptors (Lipinski definition) is 1. The van der Waals surface area contributed by atoms with E-state index in [1.165, 1.54) is 22.3 Å². The normalized spacial score (nSPS) is 24.6. The van der Waals surface area contributed by atoms with Crippen LogP contribution in [0.1, 0.15) is 40.0 Å². The minimum absolute atomic E-state index is 0.402. The van der Waals surface area contributed by atoms with Crippen molar-refractivity contribution in [1.29, 1.82) is 0 Å². The molecule has 0 aromatic carbocycles. The first-order chi connectivity index (χ1) is 10.2. The van der Waals surface area contributed by atoms with Crippen molar-refractivity contribution < 1.29 is 4.74 Å². The molecule has 0 spiro atoms. The van der Waals surface area contributed by atoms with Gasteiger partial charge in [0.2, 0.25) is 0 Å². The predicted molar refractivity (Wildman–Crippen MR) is 90.9 cm³/mol. The summed E-state index contributed by atoms with van der Waals surface area (Å²) < 4.78 is 5.31. The van der Waals surface area contributed by atoms with E-state index in [1.54, 1.807) is 7.11 Å². The average Bonchev–Trinajstić information content (AvgIpc) is 2.53. The van der Waals surface area contributed by atoms with E-state index in [1.807, 2.05) is 0 Å². The van der Waals surface area contributed by atoms with Gasteiger partial charge in [0.25, 0.3) is 0 Å². The van der Waals surface area contributed by atoms with Crippen LogP contribution in [0.5, 0.6) is 0 Å². The molecule has 1 nitrogen and oxygen atoms in total. The summed E-state index contributed by atoms with van der Waals surface area (Å²) in [5.41, 5.74) is 5.69. The number of methoxy groups -OCH3 is 1. The standard InChI is InChI=1S/C20H26O/c1-5-17(18-9-7-6-8-10-18)13-15(2)20-12-11-19(21-4)14-16(20)3/h6-7,9,11-14,16H,5,8,10H2,1-4H3/b17-13+,20-15-. The van der Waals surface area contributed by atoms with Gasteiger partial charge >= 0.3 is 0 Å². The van der Waals surface area contributed by atoms with Crippen molar-refractivity contribution in [3.05, 3.63) is 70.6 Å². The van der Waals surface area contributed by atoms with Gasteiger partial charge in [-0.1, -0.05) is 44.2 Å². The molecule has 0 N–H and O–H groups in total. The van der Waals surface area contributed by atoms with Crippen molar-refractivity contribution in [3.8, 4) is 0 Å². The zero-order valence-electron chi connectivity index (χ0n) is 13.6. The van der Waals surface area contributed by atoms with Crippen molar-refractivity contribution >= 4 is 0 Å². The van der Waals surface area contributed by atoms with Crippen molar-refractivity contribution in [2.24, 2.45) is 5.92 Å². The van der Waals surface area contributed by atoms with Crippen LogP contribution in [0.25, 0.3) is 0 Å². The molecule has 0 heterocycles. The minimum atomic E-state index is 0.402. The number of allylic oxidation sites excluding steroid dienone is 11. The van der Waals surface area contributed by atoms with E-state index >= 15 is 0 Å². The SMILES string of the molecule is CC/C(=C\C(C)=C1\C=CC(OC)=CC1C)C1=CC=CCC1. The summed E-state index contributed by atoms with van der Waals surface area (Å²) in [6.07, 6.45) is 18.9. The molecule has 1 unspecified atom stereocenters. The molecule has 0 bridgehead atoms. The summed E-state index contributed by atoms with van der Waals surface area (Å²) in [7, 11) is 1.72. The van der Waals surface area contributed by atoms with Gasteiger partial charge in [0, 0.05) is 5.92 Å². The Balaban J connectivity index is 2.28. The van der Waals surface area contributed by atoms with E-state index in [2.05, 4.69) is 63.3 Å². The van der Waals surface area contributed by atoms with Crippen LogP contribution < -0.4 is 0 Å². The Kier molecular flexibility index (Phi) is 5.44. The molecule has 0 radical (unpaired) electrons. The molecular weight excluding hydrogens is 256 g/mol. The second-order valence-corrected chi connectivity index (χ2v) is 5.72.